The lowest BCUT2D eigenvalue weighted by Gasteiger charge is -2.10. The molecule has 0 aliphatic carbocycles. The largest absolute Gasteiger partial charge is 0.383 e. The molecule has 0 amide bonds. The fourth-order valence-electron chi connectivity index (χ4n) is 1.65. The molecule has 0 bridgehead atoms. The lowest BCUT2D eigenvalue weighted by Crippen LogP contribution is -2.18. The van der Waals surface area contributed by atoms with E-state index < -0.39 is 0 Å². The number of benzene rings is 1. The first-order valence-electron chi connectivity index (χ1n) is 6.55. The summed E-state index contributed by atoms with van der Waals surface area (Å²) >= 11 is 1.96. The Hall–Kier alpha value is -0.510. The molecule has 1 N–H and O–H groups in total. The standard InChI is InChI=1S/C15H25NOS/c1-12(2)11-18-15-6-5-14(9-13(15)3)10-16-7-8-17-4/h5-6,9,12,16H,7-8,10-11H2,1-4H3. The van der Waals surface area contributed by atoms with Crippen molar-refractivity contribution in [3.63, 3.8) is 0 Å². The third-order valence-electron chi connectivity index (χ3n) is 2.62. The SMILES string of the molecule is COCCNCc1ccc(SCC(C)C)c(C)c1. The number of hydrogen-bond donors (Lipinski definition) is 1. The first kappa shape index (κ1) is 15.5. The average molecular weight is 267 g/mol. The van der Waals surface area contributed by atoms with Crippen LogP contribution in [0, 0.1) is 12.8 Å². The van der Waals surface area contributed by atoms with Gasteiger partial charge in [-0.3, -0.25) is 0 Å². The van der Waals surface area contributed by atoms with Gasteiger partial charge in [0.1, 0.15) is 0 Å². The Morgan fingerprint density at radius 1 is 1.33 bits per heavy atom. The van der Waals surface area contributed by atoms with Gasteiger partial charge in [-0.15, -0.1) is 11.8 Å². The summed E-state index contributed by atoms with van der Waals surface area (Å²) in [5.41, 5.74) is 2.73. The number of rotatable bonds is 8. The molecule has 0 heterocycles. The molecule has 0 atom stereocenters. The summed E-state index contributed by atoms with van der Waals surface area (Å²) in [6, 6.07) is 6.74. The first-order valence-corrected chi connectivity index (χ1v) is 7.54. The molecule has 18 heavy (non-hydrogen) atoms. The molecule has 102 valence electrons. The van der Waals surface area contributed by atoms with Crippen LogP contribution in [0.4, 0.5) is 0 Å². The van der Waals surface area contributed by atoms with Gasteiger partial charge < -0.3 is 10.1 Å². The molecule has 0 saturated heterocycles. The van der Waals surface area contributed by atoms with Crippen LogP contribution >= 0.6 is 11.8 Å². The molecule has 0 aromatic heterocycles. The van der Waals surface area contributed by atoms with Gasteiger partial charge in [0.2, 0.25) is 0 Å². The number of hydrogen-bond acceptors (Lipinski definition) is 3. The Bertz CT molecular complexity index is 352. The van der Waals surface area contributed by atoms with E-state index in [9.17, 15) is 0 Å². The van der Waals surface area contributed by atoms with E-state index in [-0.39, 0.29) is 0 Å². The van der Waals surface area contributed by atoms with Gasteiger partial charge in [-0.1, -0.05) is 26.0 Å². The van der Waals surface area contributed by atoms with E-state index in [4.69, 9.17) is 4.74 Å². The second kappa shape index (κ2) is 8.57. The Morgan fingerprint density at radius 2 is 2.11 bits per heavy atom. The zero-order chi connectivity index (χ0) is 13.4. The van der Waals surface area contributed by atoms with E-state index in [1.165, 1.54) is 21.8 Å². The van der Waals surface area contributed by atoms with Gasteiger partial charge in [0.25, 0.3) is 0 Å². The van der Waals surface area contributed by atoms with Crippen LogP contribution in [-0.4, -0.2) is 26.0 Å². The highest BCUT2D eigenvalue weighted by atomic mass is 32.2. The number of ether oxygens (including phenoxy) is 1. The van der Waals surface area contributed by atoms with Gasteiger partial charge in [0.05, 0.1) is 6.61 Å². The Balaban J connectivity index is 2.46. The van der Waals surface area contributed by atoms with Crippen molar-refractivity contribution in [2.75, 3.05) is 26.0 Å². The summed E-state index contributed by atoms with van der Waals surface area (Å²) in [5.74, 6) is 1.93. The number of thioether (sulfide) groups is 1. The maximum absolute atomic E-state index is 5.01. The van der Waals surface area contributed by atoms with Crippen molar-refractivity contribution < 1.29 is 4.74 Å². The predicted molar refractivity (Wildman–Crippen MR) is 80.3 cm³/mol. The third kappa shape index (κ3) is 5.89. The molecule has 1 aromatic rings. The quantitative estimate of drug-likeness (QED) is 0.575. The van der Waals surface area contributed by atoms with Gasteiger partial charge in [0.15, 0.2) is 0 Å². The second-order valence-corrected chi connectivity index (χ2v) is 6.04. The van der Waals surface area contributed by atoms with E-state index in [0.29, 0.717) is 0 Å². The van der Waals surface area contributed by atoms with Crippen LogP contribution in [0.1, 0.15) is 25.0 Å². The molecule has 0 radical (unpaired) electrons. The highest BCUT2D eigenvalue weighted by Gasteiger charge is 2.02. The Labute approximate surface area is 116 Å². The van der Waals surface area contributed by atoms with E-state index in [1.54, 1.807) is 7.11 Å². The summed E-state index contributed by atoms with van der Waals surface area (Å²) in [6.07, 6.45) is 0. The van der Waals surface area contributed by atoms with Crippen molar-refractivity contribution in [1.82, 2.24) is 5.32 Å². The molecule has 0 saturated carbocycles. The van der Waals surface area contributed by atoms with Crippen molar-refractivity contribution in [3.8, 4) is 0 Å². The minimum atomic E-state index is 0.741. The fraction of sp³-hybridized carbons (Fsp3) is 0.600. The summed E-state index contributed by atoms with van der Waals surface area (Å²) in [7, 11) is 1.73. The van der Waals surface area contributed by atoms with Crippen LogP contribution in [0.3, 0.4) is 0 Å². The molecule has 2 nitrogen and oxygen atoms in total. The normalized spacial score (nSPS) is 11.2. The monoisotopic (exact) mass is 267 g/mol. The highest BCUT2D eigenvalue weighted by molar-refractivity contribution is 7.99. The Morgan fingerprint density at radius 3 is 2.72 bits per heavy atom. The molecule has 0 fully saturated rings. The molecule has 3 heteroatoms. The lowest BCUT2D eigenvalue weighted by molar-refractivity contribution is 0.199. The fourth-order valence-corrected chi connectivity index (χ4v) is 2.61. The molecular formula is C15H25NOS. The van der Waals surface area contributed by atoms with Crippen LogP contribution in [0.25, 0.3) is 0 Å². The predicted octanol–water partition coefficient (Wildman–Crippen LogP) is 3.48. The summed E-state index contributed by atoms with van der Waals surface area (Å²) in [5, 5.41) is 3.37. The number of methoxy groups -OCH3 is 1. The van der Waals surface area contributed by atoms with E-state index in [1.807, 2.05) is 11.8 Å². The summed E-state index contributed by atoms with van der Waals surface area (Å²) in [6.45, 7) is 9.30. The topological polar surface area (TPSA) is 21.3 Å². The van der Waals surface area contributed by atoms with Crippen LogP contribution in [0.2, 0.25) is 0 Å². The van der Waals surface area contributed by atoms with Gasteiger partial charge >= 0.3 is 0 Å². The maximum Gasteiger partial charge on any atom is 0.0587 e. The van der Waals surface area contributed by atoms with Crippen LogP contribution in [0.15, 0.2) is 23.1 Å². The number of aryl methyl sites for hydroxylation is 1. The average Bonchev–Trinajstić information content (AvgIpc) is 2.33. The zero-order valence-corrected chi connectivity index (χ0v) is 12.8. The first-order chi connectivity index (χ1) is 8.63. The summed E-state index contributed by atoms with van der Waals surface area (Å²) < 4.78 is 5.01. The third-order valence-corrected chi connectivity index (χ3v) is 4.23. The van der Waals surface area contributed by atoms with Crippen LogP contribution in [-0.2, 0) is 11.3 Å². The smallest absolute Gasteiger partial charge is 0.0587 e. The van der Waals surface area contributed by atoms with E-state index in [2.05, 4.69) is 44.3 Å². The van der Waals surface area contributed by atoms with Crippen molar-refractivity contribution in [2.45, 2.75) is 32.2 Å². The molecule has 0 unspecified atom stereocenters. The molecule has 0 aliphatic heterocycles. The molecule has 0 spiro atoms. The van der Waals surface area contributed by atoms with Crippen LogP contribution < -0.4 is 5.32 Å². The maximum atomic E-state index is 5.01. The van der Waals surface area contributed by atoms with Crippen molar-refractivity contribution in [3.05, 3.63) is 29.3 Å². The van der Waals surface area contributed by atoms with Crippen LogP contribution in [0.5, 0.6) is 0 Å². The lowest BCUT2D eigenvalue weighted by atomic mass is 10.1. The summed E-state index contributed by atoms with van der Waals surface area (Å²) in [4.78, 5) is 1.41. The zero-order valence-electron chi connectivity index (χ0n) is 12.0. The molecule has 1 aromatic carbocycles. The minimum Gasteiger partial charge on any atom is -0.383 e. The molecule has 0 aliphatic rings. The number of nitrogens with one attached hydrogen (secondary N) is 1. The second-order valence-electron chi connectivity index (χ2n) is 4.97. The van der Waals surface area contributed by atoms with Gasteiger partial charge in [0, 0.05) is 30.8 Å². The highest BCUT2D eigenvalue weighted by Crippen LogP contribution is 2.25. The van der Waals surface area contributed by atoms with E-state index >= 15 is 0 Å². The van der Waals surface area contributed by atoms with Gasteiger partial charge in [-0.05, 0) is 30.0 Å². The van der Waals surface area contributed by atoms with Gasteiger partial charge in [-0.25, -0.2) is 0 Å². The Kier molecular flexibility index (Phi) is 7.40. The van der Waals surface area contributed by atoms with Crippen molar-refractivity contribution in [1.29, 1.82) is 0 Å². The van der Waals surface area contributed by atoms with Gasteiger partial charge in [-0.2, -0.15) is 0 Å². The van der Waals surface area contributed by atoms with Crippen molar-refractivity contribution in [2.24, 2.45) is 5.92 Å². The van der Waals surface area contributed by atoms with E-state index in [0.717, 1.165) is 25.6 Å². The van der Waals surface area contributed by atoms with Crippen molar-refractivity contribution >= 4 is 11.8 Å². The molecular weight excluding hydrogens is 242 g/mol. The minimum absolute atomic E-state index is 0.741. The molecule has 1 rings (SSSR count).